The molecule has 0 aliphatic heterocycles. The summed E-state index contributed by atoms with van der Waals surface area (Å²) in [5.41, 5.74) is 7.74. The summed E-state index contributed by atoms with van der Waals surface area (Å²) in [6.07, 6.45) is 1.82. The van der Waals surface area contributed by atoms with Crippen molar-refractivity contribution < 1.29 is 9.59 Å². The van der Waals surface area contributed by atoms with Crippen LogP contribution in [0.2, 0.25) is 0 Å². The van der Waals surface area contributed by atoms with Crippen molar-refractivity contribution in [3.05, 3.63) is 64.6 Å². The van der Waals surface area contributed by atoms with E-state index in [0.29, 0.717) is 5.69 Å². The Labute approximate surface area is 154 Å². The van der Waals surface area contributed by atoms with Crippen molar-refractivity contribution in [1.29, 1.82) is 0 Å². The lowest BCUT2D eigenvalue weighted by Gasteiger charge is -2.16. The van der Waals surface area contributed by atoms with Gasteiger partial charge in [-0.3, -0.25) is 4.79 Å². The number of nitrogens with two attached hydrogens (primary N) is 1. The van der Waals surface area contributed by atoms with E-state index in [9.17, 15) is 9.59 Å². The Kier molecular flexibility index (Phi) is 5.33. The first-order valence-electron chi connectivity index (χ1n) is 8.03. The van der Waals surface area contributed by atoms with Gasteiger partial charge in [0.2, 0.25) is 5.91 Å². The Hall–Kier alpha value is -3.13. The highest BCUT2D eigenvalue weighted by Gasteiger charge is 2.18. The van der Waals surface area contributed by atoms with Gasteiger partial charge in [-0.05, 0) is 42.6 Å². The molecule has 0 bridgehead atoms. The molecule has 4 N–H and O–H groups in total. The summed E-state index contributed by atoms with van der Waals surface area (Å²) in [7, 11) is 0. The molecule has 26 heavy (non-hydrogen) atoms. The minimum atomic E-state index is -0.660. The van der Waals surface area contributed by atoms with Crippen LogP contribution in [0.3, 0.4) is 0 Å². The van der Waals surface area contributed by atoms with E-state index in [0.717, 1.165) is 16.3 Å². The van der Waals surface area contributed by atoms with E-state index in [1.165, 1.54) is 11.3 Å². The Morgan fingerprint density at radius 2 is 2.12 bits per heavy atom. The van der Waals surface area contributed by atoms with Crippen molar-refractivity contribution >= 4 is 29.0 Å². The maximum atomic E-state index is 12.4. The fourth-order valence-electron chi connectivity index (χ4n) is 2.64. The van der Waals surface area contributed by atoms with Gasteiger partial charge in [0.15, 0.2) is 0 Å². The summed E-state index contributed by atoms with van der Waals surface area (Å²) in [6, 6.07) is 11.9. The van der Waals surface area contributed by atoms with Gasteiger partial charge in [0.05, 0.1) is 18.2 Å². The van der Waals surface area contributed by atoms with Gasteiger partial charge in [0, 0.05) is 22.5 Å². The van der Waals surface area contributed by atoms with Crippen LogP contribution in [0.1, 0.15) is 23.0 Å². The third-order valence-corrected chi connectivity index (χ3v) is 4.79. The van der Waals surface area contributed by atoms with E-state index >= 15 is 0 Å². The molecule has 0 aliphatic carbocycles. The molecule has 0 aliphatic rings. The monoisotopic (exact) mass is 369 g/mol. The van der Waals surface area contributed by atoms with Crippen LogP contribution in [0.15, 0.2) is 54.0 Å². The number of aryl methyl sites for hydroxylation is 1. The molecule has 1 atom stereocenters. The predicted octanol–water partition coefficient (Wildman–Crippen LogP) is 2.98. The molecule has 1 unspecified atom stereocenters. The molecule has 3 rings (SSSR count). The van der Waals surface area contributed by atoms with Gasteiger partial charge in [-0.25, -0.2) is 9.48 Å². The highest BCUT2D eigenvalue weighted by atomic mass is 32.1. The van der Waals surface area contributed by atoms with E-state index in [1.807, 2.05) is 54.8 Å². The largest absolute Gasteiger partial charge is 0.352 e. The topological polar surface area (TPSA) is 102 Å². The number of nitrogens with one attached hydrogen (secondary N) is 2. The van der Waals surface area contributed by atoms with Crippen molar-refractivity contribution in [1.82, 2.24) is 15.1 Å². The van der Waals surface area contributed by atoms with Crippen LogP contribution < -0.4 is 16.4 Å². The van der Waals surface area contributed by atoms with Crippen LogP contribution in [0.4, 0.5) is 10.5 Å². The number of benzene rings is 1. The first kappa shape index (κ1) is 17.7. The second-order valence-corrected chi connectivity index (χ2v) is 6.74. The Balaban J connectivity index is 1.71. The lowest BCUT2D eigenvalue weighted by molar-refractivity contribution is -0.116. The molecule has 3 aromatic rings. The number of nitrogens with zero attached hydrogens (tertiary/aromatic N) is 2. The second-order valence-electron chi connectivity index (χ2n) is 5.76. The quantitative estimate of drug-likeness (QED) is 0.622. The van der Waals surface area contributed by atoms with E-state index in [1.54, 1.807) is 10.9 Å². The van der Waals surface area contributed by atoms with Gasteiger partial charge < -0.3 is 16.4 Å². The average molecular weight is 369 g/mol. The van der Waals surface area contributed by atoms with E-state index in [-0.39, 0.29) is 12.3 Å². The Bertz CT molecular complexity index is 904. The van der Waals surface area contributed by atoms with Crippen molar-refractivity contribution in [2.75, 3.05) is 5.32 Å². The number of rotatable bonds is 6. The number of aromatic nitrogens is 2. The number of thiophene rings is 1. The van der Waals surface area contributed by atoms with Crippen molar-refractivity contribution in [3.8, 4) is 5.69 Å². The normalized spacial score (nSPS) is 11.7. The maximum Gasteiger partial charge on any atom is 0.312 e. The van der Waals surface area contributed by atoms with Crippen molar-refractivity contribution in [3.63, 3.8) is 0 Å². The van der Waals surface area contributed by atoms with Crippen LogP contribution in [-0.4, -0.2) is 21.7 Å². The number of primary amides is 1. The third kappa shape index (κ3) is 4.28. The molecule has 134 valence electrons. The van der Waals surface area contributed by atoms with Crippen LogP contribution in [0.25, 0.3) is 5.69 Å². The van der Waals surface area contributed by atoms with Gasteiger partial charge in [0.1, 0.15) is 0 Å². The molecular formula is C18H19N5O2S. The Morgan fingerprint density at radius 1 is 1.27 bits per heavy atom. The van der Waals surface area contributed by atoms with Gasteiger partial charge in [-0.15, -0.1) is 11.3 Å². The summed E-state index contributed by atoms with van der Waals surface area (Å²) >= 11 is 1.46. The zero-order valence-electron chi connectivity index (χ0n) is 14.2. The molecule has 8 heteroatoms. The molecule has 1 aromatic carbocycles. The van der Waals surface area contributed by atoms with Gasteiger partial charge >= 0.3 is 6.03 Å². The minimum absolute atomic E-state index is 0.0917. The number of hydrogen-bond donors (Lipinski definition) is 3. The summed E-state index contributed by atoms with van der Waals surface area (Å²) in [5.74, 6) is -0.216. The van der Waals surface area contributed by atoms with Crippen molar-refractivity contribution in [2.24, 2.45) is 5.73 Å². The summed E-state index contributed by atoms with van der Waals surface area (Å²) in [4.78, 5) is 24.5. The molecule has 0 spiro atoms. The third-order valence-electron chi connectivity index (χ3n) is 3.80. The second kappa shape index (κ2) is 7.83. The number of carbonyl (C=O) groups is 2. The predicted molar refractivity (Wildman–Crippen MR) is 101 cm³/mol. The van der Waals surface area contributed by atoms with Crippen molar-refractivity contribution in [2.45, 2.75) is 19.4 Å². The van der Waals surface area contributed by atoms with Gasteiger partial charge in [-0.1, -0.05) is 12.1 Å². The van der Waals surface area contributed by atoms with Crippen LogP contribution in [-0.2, 0) is 4.79 Å². The zero-order valence-corrected chi connectivity index (χ0v) is 15.0. The number of hydrogen-bond acceptors (Lipinski definition) is 4. The molecule has 3 amide bonds. The molecule has 0 saturated heterocycles. The number of urea groups is 1. The average Bonchev–Trinajstić information content (AvgIpc) is 3.25. The lowest BCUT2D eigenvalue weighted by atomic mass is 10.1. The van der Waals surface area contributed by atoms with Crippen LogP contribution in [0, 0.1) is 6.92 Å². The minimum Gasteiger partial charge on any atom is -0.352 e. The van der Waals surface area contributed by atoms with Gasteiger partial charge in [0.25, 0.3) is 0 Å². The van der Waals surface area contributed by atoms with E-state index < -0.39 is 12.1 Å². The molecule has 0 saturated carbocycles. The molecular weight excluding hydrogens is 350 g/mol. The van der Waals surface area contributed by atoms with Crippen LogP contribution >= 0.6 is 11.3 Å². The van der Waals surface area contributed by atoms with Crippen LogP contribution in [0.5, 0.6) is 0 Å². The summed E-state index contributed by atoms with van der Waals surface area (Å²) in [5, 5.41) is 11.6. The standard InChI is InChI=1S/C18H19N5O2S/c1-12-7-8-20-23(12)14-5-2-4-13(10-14)21-17(24)11-15(22-18(19)25)16-6-3-9-26-16/h2-10,15H,11H2,1H3,(H,21,24)(H3,19,22,25). The SMILES string of the molecule is Cc1ccnn1-c1cccc(NC(=O)CC(NC(N)=O)c2cccs2)c1. The highest BCUT2D eigenvalue weighted by Crippen LogP contribution is 2.23. The molecule has 0 radical (unpaired) electrons. The molecule has 7 nitrogen and oxygen atoms in total. The number of amides is 3. The number of anilines is 1. The zero-order chi connectivity index (χ0) is 18.5. The first-order valence-corrected chi connectivity index (χ1v) is 8.91. The molecule has 2 heterocycles. The number of carbonyl (C=O) groups excluding carboxylic acids is 2. The Morgan fingerprint density at radius 3 is 2.77 bits per heavy atom. The highest BCUT2D eigenvalue weighted by molar-refractivity contribution is 7.10. The van der Waals surface area contributed by atoms with E-state index in [2.05, 4.69) is 15.7 Å². The maximum absolute atomic E-state index is 12.4. The fourth-order valence-corrected chi connectivity index (χ4v) is 3.41. The van der Waals surface area contributed by atoms with E-state index in [4.69, 9.17) is 5.73 Å². The summed E-state index contributed by atoms with van der Waals surface area (Å²) in [6.45, 7) is 1.96. The first-order chi connectivity index (χ1) is 12.5. The molecule has 0 fully saturated rings. The fraction of sp³-hybridized carbons (Fsp3) is 0.167. The summed E-state index contributed by atoms with van der Waals surface area (Å²) < 4.78 is 1.79. The molecule has 2 aromatic heterocycles. The van der Waals surface area contributed by atoms with Gasteiger partial charge in [-0.2, -0.15) is 5.10 Å². The smallest absolute Gasteiger partial charge is 0.312 e. The lowest BCUT2D eigenvalue weighted by Crippen LogP contribution is -2.34.